The zero-order valence-electron chi connectivity index (χ0n) is 9.38. The van der Waals surface area contributed by atoms with Gasteiger partial charge >= 0.3 is 0 Å². The van der Waals surface area contributed by atoms with Crippen LogP contribution in [-0.2, 0) is 11.2 Å². The van der Waals surface area contributed by atoms with Crippen molar-refractivity contribution in [2.45, 2.75) is 19.3 Å². The lowest BCUT2D eigenvalue weighted by atomic mass is 9.77. The van der Waals surface area contributed by atoms with Crippen LogP contribution in [0.15, 0.2) is 22.7 Å². The van der Waals surface area contributed by atoms with Crippen LogP contribution in [0, 0.1) is 22.6 Å². The van der Waals surface area contributed by atoms with Gasteiger partial charge in [-0.1, -0.05) is 6.07 Å². The van der Waals surface area contributed by atoms with Gasteiger partial charge in [-0.05, 0) is 52.9 Å². The molecule has 1 heterocycles. The van der Waals surface area contributed by atoms with Crippen molar-refractivity contribution in [3.05, 3.63) is 34.1 Å². The topological polar surface area (TPSA) is 33.0 Å². The molecular weight excluding hydrogens is 285 g/mol. The third-order valence-electron chi connectivity index (χ3n) is 3.21. The van der Waals surface area contributed by atoms with E-state index in [1.165, 1.54) is 6.07 Å². The Morgan fingerprint density at radius 3 is 2.71 bits per heavy atom. The molecule has 0 aromatic heterocycles. The molecule has 2 nitrogen and oxygen atoms in total. The quantitative estimate of drug-likeness (QED) is 0.838. The fourth-order valence-electron chi connectivity index (χ4n) is 2.13. The number of rotatable bonds is 2. The molecule has 0 unspecified atom stereocenters. The van der Waals surface area contributed by atoms with E-state index in [-0.39, 0.29) is 11.2 Å². The van der Waals surface area contributed by atoms with Gasteiger partial charge < -0.3 is 4.74 Å². The van der Waals surface area contributed by atoms with Crippen molar-refractivity contribution in [3.8, 4) is 6.07 Å². The summed E-state index contributed by atoms with van der Waals surface area (Å²) >= 11 is 3.17. The lowest BCUT2D eigenvalue weighted by Gasteiger charge is -2.30. The Labute approximate surface area is 109 Å². The van der Waals surface area contributed by atoms with Crippen molar-refractivity contribution in [2.24, 2.45) is 5.41 Å². The van der Waals surface area contributed by atoms with E-state index < -0.39 is 0 Å². The maximum Gasteiger partial charge on any atom is 0.137 e. The Balaban J connectivity index is 2.18. The molecule has 1 saturated heterocycles. The summed E-state index contributed by atoms with van der Waals surface area (Å²) in [5, 5.41) is 9.34. The van der Waals surface area contributed by atoms with Crippen LogP contribution in [0.1, 0.15) is 18.4 Å². The summed E-state index contributed by atoms with van der Waals surface area (Å²) in [5.74, 6) is -0.272. The zero-order chi connectivity index (χ0) is 12.3. The van der Waals surface area contributed by atoms with Gasteiger partial charge in [-0.25, -0.2) is 4.39 Å². The van der Waals surface area contributed by atoms with E-state index in [1.54, 1.807) is 12.1 Å². The third kappa shape index (κ3) is 2.85. The fraction of sp³-hybridized carbons (Fsp3) is 0.462. The van der Waals surface area contributed by atoms with Gasteiger partial charge in [-0.3, -0.25) is 0 Å². The standard InChI is InChI=1S/C13H13BrFNO/c14-11-7-10(1-2-12(11)15)8-13(9-16)3-5-17-6-4-13/h1-2,7H,3-6,8H2. The zero-order valence-corrected chi connectivity index (χ0v) is 11.0. The Morgan fingerprint density at radius 2 is 2.12 bits per heavy atom. The summed E-state index contributed by atoms with van der Waals surface area (Å²) in [5.41, 5.74) is 0.636. The molecule has 0 aliphatic carbocycles. The molecule has 0 bridgehead atoms. The van der Waals surface area contributed by atoms with Crippen molar-refractivity contribution in [1.29, 1.82) is 5.26 Å². The molecule has 1 aliphatic rings. The Bertz CT molecular complexity index is 449. The largest absolute Gasteiger partial charge is 0.381 e. The molecule has 4 heteroatoms. The molecule has 1 aliphatic heterocycles. The van der Waals surface area contributed by atoms with Crippen LogP contribution >= 0.6 is 15.9 Å². The molecule has 0 atom stereocenters. The minimum atomic E-state index is -0.352. The minimum Gasteiger partial charge on any atom is -0.381 e. The molecule has 0 N–H and O–H groups in total. The third-order valence-corrected chi connectivity index (χ3v) is 3.82. The Kier molecular flexibility index (Phi) is 3.80. The van der Waals surface area contributed by atoms with Crippen LogP contribution in [0.3, 0.4) is 0 Å². The molecule has 17 heavy (non-hydrogen) atoms. The monoisotopic (exact) mass is 297 g/mol. The van der Waals surface area contributed by atoms with Gasteiger partial charge in [-0.15, -0.1) is 0 Å². The lowest BCUT2D eigenvalue weighted by Crippen LogP contribution is -2.30. The van der Waals surface area contributed by atoms with Crippen molar-refractivity contribution in [3.63, 3.8) is 0 Å². The van der Waals surface area contributed by atoms with E-state index in [0.29, 0.717) is 24.1 Å². The van der Waals surface area contributed by atoms with E-state index in [4.69, 9.17) is 4.74 Å². The molecule has 0 radical (unpaired) electrons. The van der Waals surface area contributed by atoms with Crippen molar-refractivity contribution in [1.82, 2.24) is 0 Å². The number of ether oxygens (including phenoxy) is 1. The number of hydrogen-bond acceptors (Lipinski definition) is 2. The first-order valence-electron chi connectivity index (χ1n) is 5.58. The molecular formula is C13H13BrFNO. The van der Waals surface area contributed by atoms with Gasteiger partial charge in [0.1, 0.15) is 5.82 Å². The average Bonchev–Trinajstić information content (AvgIpc) is 2.35. The van der Waals surface area contributed by atoms with Crippen LogP contribution in [0.4, 0.5) is 4.39 Å². The summed E-state index contributed by atoms with van der Waals surface area (Å²) in [6, 6.07) is 7.34. The van der Waals surface area contributed by atoms with Crippen molar-refractivity contribution >= 4 is 15.9 Å². The van der Waals surface area contributed by atoms with Crippen molar-refractivity contribution < 1.29 is 9.13 Å². The van der Waals surface area contributed by atoms with E-state index in [9.17, 15) is 9.65 Å². The van der Waals surface area contributed by atoms with E-state index in [0.717, 1.165) is 18.4 Å². The predicted molar refractivity (Wildman–Crippen MR) is 65.9 cm³/mol. The van der Waals surface area contributed by atoms with Gasteiger partial charge in [0.05, 0.1) is 16.0 Å². The summed E-state index contributed by atoms with van der Waals surface area (Å²) in [4.78, 5) is 0. The number of halogens is 2. The van der Waals surface area contributed by atoms with E-state index in [2.05, 4.69) is 22.0 Å². The molecule has 1 fully saturated rings. The first-order chi connectivity index (χ1) is 8.15. The number of nitriles is 1. The fourth-order valence-corrected chi connectivity index (χ4v) is 2.56. The highest BCUT2D eigenvalue weighted by Crippen LogP contribution is 2.34. The van der Waals surface area contributed by atoms with Gasteiger partial charge in [-0.2, -0.15) is 5.26 Å². The summed E-state index contributed by atoms with van der Waals surface area (Å²) < 4.78 is 18.9. The SMILES string of the molecule is N#CC1(Cc2ccc(F)c(Br)c2)CCOCC1. The second-order valence-electron chi connectivity index (χ2n) is 4.43. The lowest BCUT2D eigenvalue weighted by molar-refractivity contribution is 0.0406. The highest BCUT2D eigenvalue weighted by molar-refractivity contribution is 9.10. The smallest absolute Gasteiger partial charge is 0.137 e. The summed E-state index contributed by atoms with van der Waals surface area (Å²) in [6.07, 6.45) is 2.16. The molecule has 2 rings (SSSR count). The maximum absolute atomic E-state index is 13.1. The van der Waals surface area contributed by atoms with Crippen LogP contribution < -0.4 is 0 Å². The van der Waals surface area contributed by atoms with Crippen LogP contribution in [-0.4, -0.2) is 13.2 Å². The number of benzene rings is 1. The molecule has 1 aromatic carbocycles. The highest BCUT2D eigenvalue weighted by atomic mass is 79.9. The number of hydrogen-bond donors (Lipinski definition) is 0. The molecule has 0 amide bonds. The predicted octanol–water partition coefficient (Wildman–Crippen LogP) is 3.45. The van der Waals surface area contributed by atoms with Crippen molar-refractivity contribution in [2.75, 3.05) is 13.2 Å². The number of nitrogens with zero attached hydrogens (tertiary/aromatic N) is 1. The minimum absolute atomic E-state index is 0.272. The van der Waals surface area contributed by atoms with Gasteiger partial charge in [0.2, 0.25) is 0 Å². The summed E-state index contributed by atoms with van der Waals surface area (Å²) in [6.45, 7) is 1.27. The summed E-state index contributed by atoms with van der Waals surface area (Å²) in [7, 11) is 0. The van der Waals surface area contributed by atoms with Gasteiger partial charge in [0, 0.05) is 13.2 Å². The Morgan fingerprint density at radius 1 is 1.41 bits per heavy atom. The highest BCUT2D eigenvalue weighted by Gasteiger charge is 2.32. The second-order valence-corrected chi connectivity index (χ2v) is 5.28. The Hall–Kier alpha value is -0.920. The normalized spacial score (nSPS) is 18.6. The van der Waals surface area contributed by atoms with Crippen LogP contribution in [0.5, 0.6) is 0 Å². The van der Waals surface area contributed by atoms with Crippen LogP contribution in [0.2, 0.25) is 0 Å². The first-order valence-corrected chi connectivity index (χ1v) is 6.37. The first kappa shape index (κ1) is 12.5. The molecule has 0 spiro atoms. The second kappa shape index (κ2) is 5.16. The van der Waals surface area contributed by atoms with E-state index in [1.807, 2.05) is 0 Å². The van der Waals surface area contributed by atoms with Crippen LogP contribution in [0.25, 0.3) is 0 Å². The maximum atomic E-state index is 13.1. The molecule has 90 valence electrons. The molecule has 0 saturated carbocycles. The van der Waals surface area contributed by atoms with Gasteiger partial charge in [0.15, 0.2) is 0 Å². The van der Waals surface area contributed by atoms with E-state index >= 15 is 0 Å². The molecule has 1 aromatic rings. The average molecular weight is 298 g/mol. The van der Waals surface area contributed by atoms with Gasteiger partial charge in [0.25, 0.3) is 0 Å².